The van der Waals surface area contributed by atoms with Gasteiger partial charge in [0.15, 0.2) is 5.78 Å². The van der Waals surface area contributed by atoms with Gasteiger partial charge in [0, 0.05) is 12.2 Å². The lowest BCUT2D eigenvalue weighted by Crippen LogP contribution is -2.45. The first-order valence-corrected chi connectivity index (χ1v) is 5.60. The highest BCUT2D eigenvalue weighted by Gasteiger charge is 2.29. The molecule has 1 heterocycles. The van der Waals surface area contributed by atoms with Crippen LogP contribution in [-0.4, -0.2) is 28.0 Å². The molecule has 97 valence electrons. The second-order valence-electron chi connectivity index (χ2n) is 5.04. The highest BCUT2D eigenvalue weighted by molar-refractivity contribution is 6.01. The minimum atomic E-state index is -1.15. The normalized spacial score (nSPS) is 12.8. The number of carbonyl (C=O) groups excluding carboxylic acids is 1. The second kappa shape index (κ2) is 5.62. The zero-order valence-corrected chi connectivity index (χ0v) is 10.7. The van der Waals surface area contributed by atoms with Crippen molar-refractivity contribution in [2.24, 2.45) is 5.41 Å². The molecule has 1 amide bonds. The Hall–Kier alpha value is -1.91. The number of nitrogens with zero attached hydrogens (tertiary/aromatic N) is 1. The Bertz CT molecular complexity index is 424. The average molecular weight is 249 g/mol. The molecule has 5 nitrogen and oxygen atoms in total. The molecule has 5 heteroatoms. The highest BCUT2D eigenvalue weighted by atomic mass is 16.4. The number of nitrogens with one attached hydrogen (secondary N) is 1. The van der Waals surface area contributed by atoms with E-state index in [9.17, 15) is 9.59 Å². The minimum absolute atomic E-state index is 0.288. The Labute approximate surface area is 106 Å². The van der Waals surface area contributed by atoms with E-state index in [0.717, 1.165) is 0 Å². The van der Waals surface area contributed by atoms with Crippen molar-refractivity contribution in [3.63, 3.8) is 0 Å². The van der Waals surface area contributed by atoms with E-state index in [1.165, 1.54) is 12.6 Å². The predicted molar refractivity (Wildman–Crippen MR) is 67.3 cm³/mol. The maximum Gasteiger partial charge on any atom is 0.404 e. The first kappa shape index (κ1) is 14.2. The van der Waals surface area contributed by atoms with Crippen LogP contribution in [0.25, 0.3) is 0 Å². The molecule has 2 N–H and O–H groups in total. The van der Waals surface area contributed by atoms with Gasteiger partial charge in [0.05, 0.1) is 6.42 Å². The summed E-state index contributed by atoms with van der Waals surface area (Å²) in [5, 5.41) is 11.1. The number of pyridine rings is 1. The molecule has 1 rings (SSSR count). The van der Waals surface area contributed by atoms with Gasteiger partial charge in [0.2, 0.25) is 0 Å². The fourth-order valence-corrected chi connectivity index (χ4v) is 1.39. The average Bonchev–Trinajstić information content (AvgIpc) is 2.27. The molecule has 0 aliphatic carbocycles. The topological polar surface area (TPSA) is 79.3 Å². The van der Waals surface area contributed by atoms with Gasteiger partial charge < -0.3 is 10.4 Å². The van der Waals surface area contributed by atoms with Crippen molar-refractivity contribution in [2.75, 3.05) is 0 Å². The standard InChI is InChI=1S/C13H17N2O3/c1-13(2,3)11(15-12(17)18)8-10(16)9-6-4-5-7-14-9/h4-8,11,15H,1-3H3,(H,17,18)/t11-/m0/s1. The first-order valence-electron chi connectivity index (χ1n) is 5.60. The van der Waals surface area contributed by atoms with Crippen LogP contribution in [0.2, 0.25) is 0 Å². The SMILES string of the molecule is CC(C)(C)[C@H]([CH]C(=O)c1ccccn1)NC(=O)O. The zero-order valence-electron chi connectivity index (χ0n) is 10.7. The Balaban J connectivity index is 2.78. The summed E-state index contributed by atoms with van der Waals surface area (Å²) in [6.07, 6.45) is 1.73. The van der Waals surface area contributed by atoms with Gasteiger partial charge in [-0.1, -0.05) is 26.8 Å². The van der Waals surface area contributed by atoms with Crippen LogP contribution >= 0.6 is 0 Å². The number of aromatic nitrogens is 1. The predicted octanol–water partition coefficient (Wildman–Crippen LogP) is 2.15. The summed E-state index contributed by atoms with van der Waals surface area (Å²) in [5.41, 5.74) is -0.0815. The van der Waals surface area contributed by atoms with Gasteiger partial charge in [-0.05, 0) is 17.5 Å². The monoisotopic (exact) mass is 249 g/mol. The summed E-state index contributed by atoms with van der Waals surface area (Å²) in [4.78, 5) is 26.6. The number of Topliss-reactive ketones (excluding diaryl/α,β-unsaturated/α-hetero) is 1. The van der Waals surface area contributed by atoms with Crippen molar-refractivity contribution in [3.05, 3.63) is 36.5 Å². The van der Waals surface area contributed by atoms with Gasteiger partial charge >= 0.3 is 6.09 Å². The molecule has 1 atom stereocenters. The molecule has 0 saturated carbocycles. The van der Waals surface area contributed by atoms with Crippen molar-refractivity contribution in [1.82, 2.24) is 10.3 Å². The Morgan fingerprint density at radius 2 is 2.06 bits per heavy atom. The van der Waals surface area contributed by atoms with E-state index < -0.39 is 12.1 Å². The maximum atomic E-state index is 11.9. The second-order valence-corrected chi connectivity index (χ2v) is 5.04. The fraction of sp³-hybridized carbons (Fsp3) is 0.385. The van der Waals surface area contributed by atoms with Crippen LogP contribution in [0.1, 0.15) is 31.3 Å². The third-order valence-electron chi connectivity index (χ3n) is 2.45. The Morgan fingerprint density at radius 3 is 2.50 bits per heavy atom. The highest BCUT2D eigenvalue weighted by Crippen LogP contribution is 2.22. The molecule has 1 aromatic heterocycles. The van der Waals surface area contributed by atoms with Crippen LogP contribution in [0.5, 0.6) is 0 Å². The summed E-state index contributed by atoms with van der Waals surface area (Å²) in [6, 6.07) is 4.46. The smallest absolute Gasteiger partial charge is 0.404 e. The van der Waals surface area contributed by atoms with Crippen LogP contribution < -0.4 is 5.32 Å². The molecule has 1 aromatic rings. The van der Waals surface area contributed by atoms with Crippen molar-refractivity contribution in [2.45, 2.75) is 26.8 Å². The van der Waals surface area contributed by atoms with Crippen LogP contribution in [0.15, 0.2) is 24.4 Å². The molecule has 0 fully saturated rings. The molecule has 0 aliphatic heterocycles. The van der Waals surface area contributed by atoms with Crippen molar-refractivity contribution in [1.29, 1.82) is 0 Å². The van der Waals surface area contributed by atoms with Crippen molar-refractivity contribution in [3.8, 4) is 0 Å². The number of amides is 1. The summed E-state index contributed by atoms with van der Waals surface area (Å²) in [5.74, 6) is -0.288. The molecule has 0 aliphatic rings. The molecular formula is C13H17N2O3. The maximum absolute atomic E-state index is 11.9. The Kier molecular flexibility index (Phi) is 4.42. The number of hydrogen-bond acceptors (Lipinski definition) is 3. The number of carbonyl (C=O) groups is 2. The largest absolute Gasteiger partial charge is 0.465 e. The molecule has 0 spiro atoms. The van der Waals surface area contributed by atoms with E-state index in [2.05, 4.69) is 10.3 Å². The van der Waals surface area contributed by atoms with Crippen LogP contribution in [0.3, 0.4) is 0 Å². The summed E-state index contributed by atoms with van der Waals surface area (Å²) in [7, 11) is 0. The van der Waals surface area contributed by atoms with E-state index in [1.807, 2.05) is 20.8 Å². The van der Waals surface area contributed by atoms with Gasteiger partial charge in [-0.15, -0.1) is 0 Å². The molecule has 18 heavy (non-hydrogen) atoms. The number of carboxylic acid groups (broad SMARTS) is 1. The lowest BCUT2D eigenvalue weighted by Gasteiger charge is -2.29. The molecule has 0 bridgehead atoms. The number of hydrogen-bond donors (Lipinski definition) is 2. The van der Waals surface area contributed by atoms with E-state index in [1.54, 1.807) is 18.2 Å². The van der Waals surface area contributed by atoms with Crippen LogP contribution in [0, 0.1) is 11.8 Å². The molecule has 0 saturated heterocycles. The van der Waals surface area contributed by atoms with Gasteiger partial charge in [0.1, 0.15) is 5.69 Å². The zero-order chi connectivity index (χ0) is 13.8. The Morgan fingerprint density at radius 1 is 1.39 bits per heavy atom. The third-order valence-corrected chi connectivity index (χ3v) is 2.45. The van der Waals surface area contributed by atoms with E-state index >= 15 is 0 Å². The molecule has 1 radical (unpaired) electrons. The van der Waals surface area contributed by atoms with E-state index in [-0.39, 0.29) is 11.2 Å². The van der Waals surface area contributed by atoms with E-state index in [4.69, 9.17) is 5.11 Å². The van der Waals surface area contributed by atoms with Gasteiger partial charge in [-0.25, -0.2) is 4.79 Å². The molecule has 0 unspecified atom stereocenters. The third kappa shape index (κ3) is 4.16. The van der Waals surface area contributed by atoms with Gasteiger partial charge in [0.25, 0.3) is 0 Å². The van der Waals surface area contributed by atoms with Crippen molar-refractivity contribution < 1.29 is 14.7 Å². The minimum Gasteiger partial charge on any atom is -0.465 e. The van der Waals surface area contributed by atoms with E-state index in [0.29, 0.717) is 5.69 Å². The summed E-state index contributed by atoms with van der Waals surface area (Å²) < 4.78 is 0. The van der Waals surface area contributed by atoms with Gasteiger partial charge in [-0.3, -0.25) is 9.78 Å². The first-order chi connectivity index (χ1) is 8.30. The number of rotatable bonds is 4. The quantitative estimate of drug-likeness (QED) is 0.801. The van der Waals surface area contributed by atoms with Crippen molar-refractivity contribution >= 4 is 11.9 Å². The van der Waals surface area contributed by atoms with Crippen LogP contribution in [0.4, 0.5) is 4.79 Å². The molecule has 0 aromatic carbocycles. The lowest BCUT2D eigenvalue weighted by atomic mass is 9.83. The summed E-state index contributed by atoms with van der Waals surface area (Å²) in [6.45, 7) is 5.57. The fourth-order valence-electron chi connectivity index (χ4n) is 1.39. The van der Waals surface area contributed by atoms with Crippen LogP contribution in [-0.2, 0) is 0 Å². The summed E-state index contributed by atoms with van der Waals surface area (Å²) >= 11 is 0. The molecular weight excluding hydrogens is 232 g/mol. The lowest BCUT2D eigenvalue weighted by molar-refractivity contribution is 0.0998. The number of ketones is 1. The van der Waals surface area contributed by atoms with Gasteiger partial charge in [-0.2, -0.15) is 0 Å².